The highest BCUT2D eigenvalue weighted by molar-refractivity contribution is 7.96. The van der Waals surface area contributed by atoms with E-state index in [0.29, 0.717) is 11.1 Å². The van der Waals surface area contributed by atoms with Gasteiger partial charge < -0.3 is 9.47 Å². The van der Waals surface area contributed by atoms with Crippen LogP contribution in [0, 0.1) is 0 Å². The summed E-state index contributed by atoms with van der Waals surface area (Å²) in [6, 6.07) is 25.1. The Labute approximate surface area is 205 Å². The standard InChI is InChI=1S/C28H26O6S/c1-3-33-27(29)26(28(30)34-4-2)25(22-16-10-6-11-17-22)24(20-21-14-8-5-9-15-21)35(31,32)23-18-12-7-13-19-23/h5-20H,3-4H2,1-2H3/b24-20-. The van der Waals surface area contributed by atoms with Gasteiger partial charge in [-0.05, 0) is 43.2 Å². The summed E-state index contributed by atoms with van der Waals surface area (Å²) >= 11 is 0. The van der Waals surface area contributed by atoms with Crippen molar-refractivity contribution in [3.63, 3.8) is 0 Å². The second kappa shape index (κ2) is 11.9. The Hall–Kier alpha value is -3.97. The van der Waals surface area contributed by atoms with Crippen LogP contribution in [0.3, 0.4) is 0 Å². The molecule has 0 saturated carbocycles. The number of benzene rings is 3. The maximum atomic E-state index is 14.0. The second-order valence-corrected chi connectivity index (χ2v) is 9.21. The lowest BCUT2D eigenvalue weighted by Gasteiger charge is -2.18. The van der Waals surface area contributed by atoms with E-state index in [2.05, 4.69) is 0 Å². The third-order valence-corrected chi connectivity index (χ3v) is 6.75. The topological polar surface area (TPSA) is 86.7 Å². The van der Waals surface area contributed by atoms with Crippen molar-refractivity contribution in [2.45, 2.75) is 18.7 Å². The van der Waals surface area contributed by atoms with Gasteiger partial charge in [0.25, 0.3) is 0 Å². The summed E-state index contributed by atoms with van der Waals surface area (Å²) in [5.41, 5.74) is 0.351. The van der Waals surface area contributed by atoms with Crippen LogP contribution in [0.25, 0.3) is 11.6 Å². The van der Waals surface area contributed by atoms with Gasteiger partial charge in [-0.1, -0.05) is 78.9 Å². The van der Waals surface area contributed by atoms with E-state index < -0.39 is 27.3 Å². The van der Waals surface area contributed by atoms with E-state index in [1.54, 1.807) is 92.7 Å². The molecule has 0 aliphatic rings. The van der Waals surface area contributed by atoms with Crippen molar-refractivity contribution >= 4 is 33.4 Å². The molecule has 0 fully saturated rings. The summed E-state index contributed by atoms with van der Waals surface area (Å²) < 4.78 is 38.4. The number of sulfone groups is 1. The van der Waals surface area contributed by atoms with E-state index in [9.17, 15) is 18.0 Å². The summed E-state index contributed by atoms with van der Waals surface area (Å²) in [7, 11) is -4.20. The lowest BCUT2D eigenvalue weighted by Crippen LogP contribution is -2.22. The summed E-state index contributed by atoms with van der Waals surface area (Å²) in [4.78, 5) is 26.0. The fraction of sp³-hybridized carbons (Fsp3) is 0.143. The Balaban J connectivity index is 2.48. The number of rotatable bonds is 9. The normalized spacial score (nSPS) is 11.4. The molecular formula is C28H26O6S. The Kier molecular flexibility index (Phi) is 8.75. The molecule has 3 aromatic rings. The molecule has 0 heterocycles. The number of ether oxygens (including phenoxy) is 2. The molecule has 0 aliphatic carbocycles. The minimum atomic E-state index is -4.20. The SMILES string of the molecule is CCOC(=O)C(C(=O)OCC)=C(/C(=C/c1ccccc1)S(=O)(=O)c1ccccc1)c1ccccc1. The van der Waals surface area contributed by atoms with Crippen LogP contribution in [0.15, 0.2) is 106 Å². The molecular weight excluding hydrogens is 464 g/mol. The van der Waals surface area contributed by atoms with Gasteiger partial charge in [-0.3, -0.25) is 0 Å². The van der Waals surface area contributed by atoms with Gasteiger partial charge in [0.1, 0.15) is 0 Å². The monoisotopic (exact) mass is 490 g/mol. The third kappa shape index (κ3) is 6.13. The minimum absolute atomic E-state index is 0.00697. The first-order valence-corrected chi connectivity index (χ1v) is 12.6. The Morgan fingerprint density at radius 1 is 0.714 bits per heavy atom. The van der Waals surface area contributed by atoms with Gasteiger partial charge >= 0.3 is 11.9 Å². The van der Waals surface area contributed by atoms with Crippen LogP contribution < -0.4 is 0 Å². The van der Waals surface area contributed by atoms with Gasteiger partial charge in [-0.25, -0.2) is 18.0 Å². The summed E-state index contributed by atoms with van der Waals surface area (Å²) in [6.07, 6.45) is 1.45. The average molecular weight is 491 g/mol. The molecule has 3 aromatic carbocycles. The Morgan fingerprint density at radius 2 is 1.17 bits per heavy atom. The summed E-state index contributed by atoms with van der Waals surface area (Å²) in [6.45, 7) is 3.19. The highest BCUT2D eigenvalue weighted by Crippen LogP contribution is 2.36. The maximum Gasteiger partial charge on any atom is 0.346 e. The lowest BCUT2D eigenvalue weighted by atomic mass is 9.98. The van der Waals surface area contributed by atoms with Crippen molar-refractivity contribution < 1.29 is 27.5 Å². The van der Waals surface area contributed by atoms with Gasteiger partial charge in [0, 0.05) is 5.57 Å². The van der Waals surface area contributed by atoms with Crippen LogP contribution in [0.2, 0.25) is 0 Å². The third-order valence-electron chi connectivity index (χ3n) is 4.96. The number of hydrogen-bond acceptors (Lipinski definition) is 6. The first kappa shape index (κ1) is 25.6. The first-order valence-electron chi connectivity index (χ1n) is 11.1. The van der Waals surface area contributed by atoms with Crippen molar-refractivity contribution in [2.24, 2.45) is 0 Å². The number of hydrogen-bond donors (Lipinski definition) is 0. The van der Waals surface area contributed by atoms with Crippen LogP contribution in [-0.4, -0.2) is 33.6 Å². The Bertz CT molecular complexity index is 1310. The van der Waals surface area contributed by atoms with E-state index in [-0.39, 0.29) is 28.6 Å². The van der Waals surface area contributed by atoms with Crippen LogP contribution in [0.5, 0.6) is 0 Å². The summed E-state index contributed by atoms with van der Waals surface area (Å²) in [5.74, 6) is -1.93. The predicted molar refractivity (Wildman–Crippen MR) is 135 cm³/mol. The predicted octanol–water partition coefficient (Wildman–Crippen LogP) is 5.08. The largest absolute Gasteiger partial charge is 0.462 e. The van der Waals surface area contributed by atoms with Crippen LogP contribution in [0.1, 0.15) is 25.0 Å². The molecule has 3 rings (SSSR count). The molecule has 0 N–H and O–H groups in total. The number of esters is 2. The number of allylic oxidation sites excluding steroid dienone is 1. The maximum absolute atomic E-state index is 14.0. The lowest BCUT2D eigenvalue weighted by molar-refractivity contribution is -0.146. The molecule has 0 amide bonds. The zero-order valence-corrected chi connectivity index (χ0v) is 20.3. The highest BCUT2D eigenvalue weighted by Gasteiger charge is 2.34. The van der Waals surface area contributed by atoms with E-state index in [0.717, 1.165) is 0 Å². The molecule has 0 bridgehead atoms. The minimum Gasteiger partial charge on any atom is -0.462 e. The van der Waals surface area contributed by atoms with Crippen molar-refractivity contribution in [3.8, 4) is 0 Å². The average Bonchev–Trinajstić information content (AvgIpc) is 2.88. The zero-order valence-electron chi connectivity index (χ0n) is 19.5. The molecule has 180 valence electrons. The molecule has 0 spiro atoms. The van der Waals surface area contributed by atoms with Gasteiger partial charge in [-0.2, -0.15) is 0 Å². The van der Waals surface area contributed by atoms with Crippen molar-refractivity contribution in [1.82, 2.24) is 0 Å². The molecule has 0 atom stereocenters. The van der Waals surface area contributed by atoms with Gasteiger partial charge in [0.15, 0.2) is 5.57 Å². The Morgan fingerprint density at radius 3 is 1.66 bits per heavy atom. The van der Waals surface area contributed by atoms with E-state index in [4.69, 9.17) is 9.47 Å². The van der Waals surface area contributed by atoms with Gasteiger partial charge in [-0.15, -0.1) is 0 Å². The molecule has 0 aliphatic heterocycles. The van der Waals surface area contributed by atoms with Crippen LogP contribution >= 0.6 is 0 Å². The van der Waals surface area contributed by atoms with Gasteiger partial charge in [0.05, 0.1) is 23.0 Å². The smallest absolute Gasteiger partial charge is 0.346 e. The summed E-state index contributed by atoms with van der Waals surface area (Å²) in [5, 5.41) is 0. The molecule has 0 aromatic heterocycles. The van der Waals surface area contributed by atoms with Crippen molar-refractivity contribution in [2.75, 3.05) is 13.2 Å². The quantitative estimate of drug-likeness (QED) is 0.137. The highest BCUT2D eigenvalue weighted by atomic mass is 32.2. The molecule has 0 saturated heterocycles. The van der Waals surface area contributed by atoms with Crippen LogP contribution in [-0.2, 0) is 28.9 Å². The van der Waals surface area contributed by atoms with E-state index in [1.807, 2.05) is 0 Å². The second-order valence-electron chi connectivity index (χ2n) is 7.29. The number of carbonyl (C=O) groups excluding carboxylic acids is 2. The molecule has 35 heavy (non-hydrogen) atoms. The van der Waals surface area contributed by atoms with Crippen LogP contribution in [0.4, 0.5) is 0 Å². The van der Waals surface area contributed by atoms with Crippen molar-refractivity contribution in [1.29, 1.82) is 0 Å². The fourth-order valence-corrected chi connectivity index (χ4v) is 4.97. The zero-order chi connectivity index (χ0) is 25.3. The van der Waals surface area contributed by atoms with E-state index >= 15 is 0 Å². The fourth-order valence-electron chi connectivity index (χ4n) is 3.42. The number of carbonyl (C=O) groups is 2. The molecule has 0 unspecified atom stereocenters. The molecule has 6 nitrogen and oxygen atoms in total. The van der Waals surface area contributed by atoms with Crippen molar-refractivity contribution in [3.05, 3.63) is 113 Å². The molecule has 7 heteroatoms. The molecule has 0 radical (unpaired) electrons. The first-order chi connectivity index (χ1) is 16.9. The van der Waals surface area contributed by atoms with Gasteiger partial charge in [0.2, 0.25) is 9.84 Å². The van der Waals surface area contributed by atoms with E-state index in [1.165, 1.54) is 18.2 Å².